The molecule has 1 amide bonds. The summed E-state index contributed by atoms with van der Waals surface area (Å²) in [6, 6.07) is 9.27. The lowest BCUT2D eigenvalue weighted by atomic mass is 10.1. The van der Waals surface area contributed by atoms with Crippen molar-refractivity contribution in [3.63, 3.8) is 0 Å². The van der Waals surface area contributed by atoms with Gasteiger partial charge >= 0.3 is 0 Å². The van der Waals surface area contributed by atoms with E-state index in [1.165, 1.54) is 18.4 Å². The molecule has 0 spiro atoms. The number of carbonyl (C=O) groups excluding carboxylic acids is 1. The van der Waals surface area contributed by atoms with Crippen molar-refractivity contribution in [2.45, 2.75) is 13.3 Å². The predicted octanol–water partition coefficient (Wildman–Crippen LogP) is 2.27. The van der Waals surface area contributed by atoms with Crippen LogP contribution in [0.3, 0.4) is 0 Å². The number of amides is 1. The average Bonchev–Trinajstić information content (AvgIpc) is 2.99. The molecule has 0 radical (unpaired) electrons. The van der Waals surface area contributed by atoms with Gasteiger partial charge in [-0.25, -0.2) is 5.43 Å². The Kier molecular flexibility index (Phi) is 4.45. The van der Waals surface area contributed by atoms with E-state index >= 15 is 0 Å². The third kappa shape index (κ3) is 4.00. The molecule has 2 rings (SSSR count). The molecule has 1 aromatic heterocycles. The number of benzene rings is 1. The summed E-state index contributed by atoms with van der Waals surface area (Å²) in [5, 5.41) is 14.4. The molecule has 0 aliphatic carbocycles. The van der Waals surface area contributed by atoms with Crippen LogP contribution in [0.1, 0.15) is 18.2 Å². The molecule has 2 aromatic rings. The second kappa shape index (κ2) is 6.47. The fourth-order valence-electron chi connectivity index (χ4n) is 1.65. The van der Waals surface area contributed by atoms with Gasteiger partial charge in [0.2, 0.25) is 5.91 Å². The lowest BCUT2D eigenvalue weighted by Crippen LogP contribution is -2.21. The topological polar surface area (TPSA) is 97.7 Å². The minimum atomic E-state index is -0.485. The summed E-state index contributed by atoms with van der Waals surface area (Å²) in [6.45, 7) is 1.71. The minimum Gasteiger partial charge on any atom is -0.463 e. The average molecular weight is 287 g/mol. The number of furan rings is 1. The van der Waals surface area contributed by atoms with Gasteiger partial charge in [-0.3, -0.25) is 14.9 Å². The predicted molar refractivity (Wildman–Crippen MR) is 75.9 cm³/mol. The molecule has 0 fully saturated rings. The van der Waals surface area contributed by atoms with Crippen molar-refractivity contribution in [2.75, 3.05) is 0 Å². The van der Waals surface area contributed by atoms with E-state index in [4.69, 9.17) is 4.42 Å². The zero-order valence-electron chi connectivity index (χ0n) is 11.3. The van der Waals surface area contributed by atoms with E-state index in [9.17, 15) is 14.9 Å². The number of nitro benzene ring substituents is 1. The highest BCUT2D eigenvalue weighted by atomic mass is 16.6. The molecule has 0 saturated carbocycles. The summed E-state index contributed by atoms with van der Waals surface area (Å²) >= 11 is 0. The number of non-ortho nitro benzene ring substituents is 1. The molecule has 0 aliphatic rings. The summed E-state index contributed by atoms with van der Waals surface area (Å²) in [5.41, 5.74) is 3.63. The summed E-state index contributed by atoms with van der Waals surface area (Å²) < 4.78 is 5.14. The highest BCUT2D eigenvalue weighted by Crippen LogP contribution is 2.12. The summed E-state index contributed by atoms with van der Waals surface area (Å²) in [4.78, 5) is 21.8. The van der Waals surface area contributed by atoms with Crippen molar-refractivity contribution in [3.05, 3.63) is 64.1 Å². The monoisotopic (exact) mass is 287 g/mol. The molecule has 0 saturated heterocycles. The van der Waals surface area contributed by atoms with Crippen LogP contribution < -0.4 is 5.43 Å². The zero-order chi connectivity index (χ0) is 15.2. The first-order valence-electron chi connectivity index (χ1n) is 6.16. The van der Waals surface area contributed by atoms with E-state index in [0.29, 0.717) is 17.0 Å². The van der Waals surface area contributed by atoms with Crippen molar-refractivity contribution < 1.29 is 14.1 Å². The van der Waals surface area contributed by atoms with E-state index in [0.717, 1.165) is 0 Å². The summed E-state index contributed by atoms with van der Waals surface area (Å²) in [6.07, 6.45) is 1.61. The standard InChI is InChI=1S/C14H13N3O4/c1-10(13-3-2-8-21-13)15-16-14(18)9-11-4-6-12(7-5-11)17(19)20/h2-8H,9H2,1H3,(H,16,18)/b15-10+. The van der Waals surface area contributed by atoms with Gasteiger partial charge in [-0.2, -0.15) is 5.10 Å². The van der Waals surface area contributed by atoms with Crippen molar-refractivity contribution >= 4 is 17.3 Å². The molecular formula is C14H13N3O4. The highest BCUT2D eigenvalue weighted by molar-refractivity contribution is 5.96. The van der Waals surface area contributed by atoms with Gasteiger partial charge < -0.3 is 4.42 Å². The van der Waals surface area contributed by atoms with E-state index in [1.54, 1.807) is 31.2 Å². The molecule has 108 valence electrons. The molecular weight excluding hydrogens is 274 g/mol. The molecule has 1 aromatic carbocycles. The number of carbonyl (C=O) groups is 1. The molecule has 1 heterocycles. The first-order chi connectivity index (χ1) is 10.1. The Morgan fingerprint density at radius 2 is 2.05 bits per heavy atom. The van der Waals surface area contributed by atoms with Gasteiger partial charge in [0, 0.05) is 12.1 Å². The largest absolute Gasteiger partial charge is 0.463 e. The van der Waals surface area contributed by atoms with Crippen LogP contribution in [0.15, 0.2) is 52.2 Å². The Bertz CT molecular complexity index is 660. The lowest BCUT2D eigenvalue weighted by molar-refractivity contribution is -0.384. The number of hydrogen-bond acceptors (Lipinski definition) is 5. The van der Waals surface area contributed by atoms with Gasteiger partial charge in [0.15, 0.2) is 0 Å². The van der Waals surface area contributed by atoms with Crippen LogP contribution in [0, 0.1) is 10.1 Å². The normalized spacial score (nSPS) is 11.2. The Balaban J connectivity index is 1.92. The quantitative estimate of drug-likeness (QED) is 0.518. The first-order valence-corrected chi connectivity index (χ1v) is 6.16. The molecule has 0 aliphatic heterocycles. The first kappa shape index (κ1) is 14.4. The van der Waals surface area contributed by atoms with Gasteiger partial charge in [-0.15, -0.1) is 0 Å². The number of nitrogens with one attached hydrogen (secondary N) is 1. The summed E-state index contributed by atoms with van der Waals surface area (Å²) in [7, 11) is 0. The smallest absolute Gasteiger partial charge is 0.269 e. The zero-order valence-corrected chi connectivity index (χ0v) is 11.3. The van der Waals surface area contributed by atoms with Gasteiger partial charge in [0.05, 0.1) is 17.6 Å². The molecule has 0 unspecified atom stereocenters. The van der Waals surface area contributed by atoms with Crippen molar-refractivity contribution in [1.29, 1.82) is 0 Å². The van der Waals surface area contributed by atoms with Crippen LogP contribution in [-0.2, 0) is 11.2 Å². The molecule has 0 bridgehead atoms. The van der Waals surface area contributed by atoms with Crippen LogP contribution >= 0.6 is 0 Å². The number of nitrogens with zero attached hydrogens (tertiary/aromatic N) is 2. The Hall–Kier alpha value is -2.96. The van der Waals surface area contributed by atoms with Crippen molar-refractivity contribution in [1.82, 2.24) is 5.43 Å². The van der Waals surface area contributed by atoms with Gasteiger partial charge in [0.1, 0.15) is 11.5 Å². The second-order valence-electron chi connectivity index (χ2n) is 4.31. The van der Waals surface area contributed by atoms with E-state index in [1.807, 2.05) is 0 Å². The van der Waals surface area contributed by atoms with Crippen molar-refractivity contribution in [2.24, 2.45) is 5.10 Å². The lowest BCUT2D eigenvalue weighted by Gasteiger charge is -2.01. The maximum absolute atomic E-state index is 11.7. The van der Waals surface area contributed by atoms with Gasteiger partial charge in [0.25, 0.3) is 5.69 Å². The SMILES string of the molecule is C/C(=N\NC(=O)Cc1ccc([N+](=O)[O-])cc1)c1ccco1. The molecule has 0 atom stereocenters. The molecule has 1 N–H and O–H groups in total. The number of rotatable bonds is 5. The Morgan fingerprint density at radius 1 is 1.33 bits per heavy atom. The van der Waals surface area contributed by atoms with Crippen molar-refractivity contribution in [3.8, 4) is 0 Å². The van der Waals surface area contributed by atoms with Gasteiger partial charge in [-0.05, 0) is 24.6 Å². The fraction of sp³-hybridized carbons (Fsp3) is 0.143. The maximum Gasteiger partial charge on any atom is 0.269 e. The third-order valence-corrected chi connectivity index (χ3v) is 2.74. The van der Waals surface area contributed by atoms with E-state index in [-0.39, 0.29) is 18.0 Å². The maximum atomic E-state index is 11.7. The van der Waals surface area contributed by atoms with E-state index < -0.39 is 4.92 Å². The molecule has 7 nitrogen and oxygen atoms in total. The van der Waals surface area contributed by atoms with Crippen LogP contribution in [0.25, 0.3) is 0 Å². The summed E-state index contributed by atoms with van der Waals surface area (Å²) in [5.74, 6) is 0.264. The highest BCUT2D eigenvalue weighted by Gasteiger charge is 2.07. The fourth-order valence-corrected chi connectivity index (χ4v) is 1.65. The van der Waals surface area contributed by atoms with Crippen LogP contribution in [-0.4, -0.2) is 16.5 Å². The van der Waals surface area contributed by atoms with Crippen LogP contribution in [0.5, 0.6) is 0 Å². The van der Waals surface area contributed by atoms with E-state index in [2.05, 4.69) is 10.5 Å². The molecule has 7 heteroatoms. The Labute approximate surface area is 120 Å². The minimum absolute atomic E-state index is 0.00848. The van der Waals surface area contributed by atoms with Crippen LogP contribution in [0.4, 0.5) is 5.69 Å². The molecule has 21 heavy (non-hydrogen) atoms. The number of nitro groups is 1. The number of hydrogen-bond donors (Lipinski definition) is 1. The number of hydrazone groups is 1. The Morgan fingerprint density at radius 3 is 2.62 bits per heavy atom. The third-order valence-electron chi connectivity index (χ3n) is 2.74. The van der Waals surface area contributed by atoms with Gasteiger partial charge in [-0.1, -0.05) is 12.1 Å². The van der Waals surface area contributed by atoms with Crippen LogP contribution in [0.2, 0.25) is 0 Å². The second-order valence-corrected chi connectivity index (χ2v) is 4.31.